The number of carbonyl (C=O) groups is 2. The van der Waals surface area contributed by atoms with Crippen LogP contribution in [-0.2, 0) is 19.1 Å². The van der Waals surface area contributed by atoms with Crippen molar-refractivity contribution in [1.29, 1.82) is 0 Å². The van der Waals surface area contributed by atoms with E-state index in [0.29, 0.717) is 13.2 Å². The Morgan fingerprint density at radius 2 is 2.33 bits per heavy atom. The van der Waals surface area contributed by atoms with Crippen LogP contribution in [0, 0.1) is 0 Å². The van der Waals surface area contributed by atoms with E-state index >= 15 is 0 Å². The maximum absolute atomic E-state index is 10.5. The topological polar surface area (TPSA) is 84.9 Å². The van der Waals surface area contributed by atoms with Crippen LogP contribution in [0.1, 0.15) is 0 Å². The zero-order chi connectivity index (χ0) is 8.97. The van der Waals surface area contributed by atoms with Gasteiger partial charge >= 0.3 is 11.9 Å². The van der Waals surface area contributed by atoms with E-state index in [1.54, 1.807) is 0 Å². The van der Waals surface area contributed by atoms with Gasteiger partial charge in [-0.05, 0) is 0 Å². The Bertz CT molecular complexity index is 186. The minimum absolute atomic E-state index is 0.193. The van der Waals surface area contributed by atoms with Gasteiger partial charge in [0.1, 0.15) is 0 Å². The summed E-state index contributed by atoms with van der Waals surface area (Å²) in [7, 11) is 0. The maximum atomic E-state index is 10.5. The van der Waals surface area contributed by atoms with Crippen LogP contribution in [0.25, 0.3) is 0 Å². The summed E-state index contributed by atoms with van der Waals surface area (Å²) in [6.45, 7) is 1.29. The largest absolute Gasteiger partial charge is 0.473 e. The summed E-state index contributed by atoms with van der Waals surface area (Å²) in [6.07, 6.45) is -0.637. The van der Waals surface area contributed by atoms with Gasteiger partial charge in [-0.1, -0.05) is 0 Å². The van der Waals surface area contributed by atoms with E-state index in [2.05, 4.69) is 10.1 Å². The van der Waals surface area contributed by atoms with E-state index < -0.39 is 18.2 Å². The number of carboxylic acid groups (broad SMARTS) is 1. The number of carbonyl (C=O) groups excluding carboxylic acids is 1. The van der Waals surface area contributed by atoms with E-state index in [9.17, 15) is 9.59 Å². The van der Waals surface area contributed by atoms with Crippen LogP contribution in [0.5, 0.6) is 0 Å². The highest BCUT2D eigenvalue weighted by atomic mass is 16.6. The highest BCUT2D eigenvalue weighted by Gasteiger charge is 2.21. The molecule has 0 aromatic rings. The summed E-state index contributed by atoms with van der Waals surface area (Å²) >= 11 is 0. The highest BCUT2D eigenvalue weighted by Crippen LogP contribution is 1.95. The molecule has 1 aliphatic heterocycles. The fourth-order valence-corrected chi connectivity index (χ4v) is 0.797. The Kier molecular flexibility index (Phi) is 3.01. The standard InChI is InChI=1S/C6H9NO5/c8-5(9)6(10)12-4-3-11-2-1-7-4/h4,7H,1-3H2,(H,8,9). The Labute approximate surface area is 68.5 Å². The molecule has 0 spiro atoms. The van der Waals surface area contributed by atoms with Crippen molar-refractivity contribution in [3.05, 3.63) is 0 Å². The van der Waals surface area contributed by atoms with E-state index in [-0.39, 0.29) is 6.61 Å². The maximum Gasteiger partial charge on any atom is 0.418 e. The Morgan fingerprint density at radius 1 is 1.58 bits per heavy atom. The molecule has 1 atom stereocenters. The molecule has 0 amide bonds. The van der Waals surface area contributed by atoms with Crippen LogP contribution < -0.4 is 5.32 Å². The number of esters is 1. The van der Waals surface area contributed by atoms with E-state index in [1.807, 2.05) is 0 Å². The fraction of sp³-hybridized carbons (Fsp3) is 0.667. The summed E-state index contributed by atoms with van der Waals surface area (Å²) < 4.78 is 9.41. The number of rotatable bonds is 1. The van der Waals surface area contributed by atoms with Crippen molar-refractivity contribution in [2.45, 2.75) is 6.23 Å². The van der Waals surface area contributed by atoms with Gasteiger partial charge in [-0.3, -0.25) is 5.32 Å². The van der Waals surface area contributed by atoms with Crippen LogP contribution in [0.4, 0.5) is 0 Å². The lowest BCUT2D eigenvalue weighted by Gasteiger charge is -2.22. The Hall–Kier alpha value is -1.14. The minimum atomic E-state index is -1.60. The van der Waals surface area contributed by atoms with Crippen molar-refractivity contribution < 1.29 is 24.2 Å². The predicted molar refractivity (Wildman–Crippen MR) is 36.3 cm³/mol. The van der Waals surface area contributed by atoms with Crippen molar-refractivity contribution in [3.63, 3.8) is 0 Å². The summed E-state index contributed by atoms with van der Waals surface area (Å²) in [5, 5.41) is 10.9. The zero-order valence-corrected chi connectivity index (χ0v) is 6.28. The van der Waals surface area contributed by atoms with Gasteiger partial charge in [0.2, 0.25) is 0 Å². The Balaban J connectivity index is 2.29. The molecular formula is C6H9NO5. The third-order valence-electron chi connectivity index (χ3n) is 1.31. The van der Waals surface area contributed by atoms with Crippen molar-refractivity contribution in [2.75, 3.05) is 19.8 Å². The first-order valence-corrected chi connectivity index (χ1v) is 3.45. The number of ether oxygens (including phenoxy) is 2. The van der Waals surface area contributed by atoms with Gasteiger partial charge in [0.25, 0.3) is 0 Å². The molecule has 12 heavy (non-hydrogen) atoms. The molecule has 0 saturated carbocycles. The Morgan fingerprint density at radius 3 is 2.83 bits per heavy atom. The third kappa shape index (κ3) is 2.48. The van der Waals surface area contributed by atoms with Gasteiger partial charge in [-0.25, -0.2) is 9.59 Å². The lowest BCUT2D eigenvalue weighted by Crippen LogP contribution is -2.45. The third-order valence-corrected chi connectivity index (χ3v) is 1.31. The quantitative estimate of drug-likeness (QED) is 0.375. The van der Waals surface area contributed by atoms with E-state index in [4.69, 9.17) is 9.84 Å². The first-order chi connectivity index (χ1) is 5.70. The van der Waals surface area contributed by atoms with Gasteiger partial charge in [0.05, 0.1) is 13.2 Å². The molecule has 1 aliphatic rings. The number of aliphatic carboxylic acids is 1. The summed E-state index contributed by atoms with van der Waals surface area (Å²) in [5.41, 5.74) is 0. The fourth-order valence-electron chi connectivity index (χ4n) is 0.797. The normalized spacial score (nSPS) is 23.2. The molecule has 1 fully saturated rings. The average Bonchev–Trinajstić information content (AvgIpc) is 2.06. The van der Waals surface area contributed by atoms with Gasteiger partial charge in [-0.15, -0.1) is 0 Å². The second-order valence-electron chi connectivity index (χ2n) is 2.23. The van der Waals surface area contributed by atoms with Crippen molar-refractivity contribution in [1.82, 2.24) is 5.32 Å². The molecule has 0 bridgehead atoms. The monoisotopic (exact) mass is 175 g/mol. The molecule has 1 rings (SSSR count). The second kappa shape index (κ2) is 4.03. The number of hydrogen-bond acceptors (Lipinski definition) is 5. The predicted octanol–water partition coefficient (Wildman–Crippen LogP) is -1.44. The molecule has 6 heteroatoms. The molecule has 0 aliphatic carbocycles. The first kappa shape index (κ1) is 8.95. The molecule has 2 N–H and O–H groups in total. The molecule has 1 saturated heterocycles. The molecule has 6 nitrogen and oxygen atoms in total. The summed E-state index contributed by atoms with van der Waals surface area (Å²) in [5.74, 6) is -2.86. The number of carboxylic acids is 1. The SMILES string of the molecule is O=C(O)C(=O)OC1COCCN1. The summed E-state index contributed by atoms with van der Waals surface area (Å²) in [4.78, 5) is 20.5. The molecular weight excluding hydrogens is 166 g/mol. The summed E-state index contributed by atoms with van der Waals surface area (Å²) in [6, 6.07) is 0. The lowest BCUT2D eigenvalue weighted by atomic mass is 10.5. The van der Waals surface area contributed by atoms with Crippen LogP contribution in [0.3, 0.4) is 0 Å². The molecule has 1 unspecified atom stereocenters. The molecule has 0 aromatic heterocycles. The van der Waals surface area contributed by atoms with Crippen LogP contribution in [0.15, 0.2) is 0 Å². The minimum Gasteiger partial charge on any atom is -0.473 e. The average molecular weight is 175 g/mol. The van der Waals surface area contributed by atoms with Gasteiger partial charge in [0, 0.05) is 6.54 Å². The van der Waals surface area contributed by atoms with Crippen LogP contribution in [-0.4, -0.2) is 43.0 Å². The van der Waals surface area contributed by atoms with Crippen molar-refractivity contribution in [2.24, 2.45) is 0 Å². The van der Waals surface area contributed by atoms with E-state index in [1.165, 1.54) is 0 Å². The van der Waals surface area contributed by atoms with Crippen molar-refractivity contribution >= 4 is 11.9 Å². The van der Waals surface area contributed by atoms with Crippen LogP contribution in [0.2, 0.25) is 0 Å². The highest BCUT2D eigenvalue weighted by molar-refractivity contribution is 6.28. The first-order valence-electron chi connectivity index (χ1n) is 3.45. The smallest absolute Gasteiger partial charge is 0.418 e. The molecule has 0 radical (unpaired) electrons. The van der Waals surface area contributed by atoms with Crippen LogP contribution >= 0.6 is 0 Å². The number of nitrogens with one attached hydrogen (secondary N) is 1. The lowest BCUT2D eigenvalue weighted by molar-refractivity contribution is -0.172. The number of hydrogen-bond donors (Lipinski definition) is 2. The van der Waals surface area contributed by atoms with Gasteiger partial charge < -0.3 is 14.6 Å². The molecule has 0 aromatic carbocycles. The van der Waals surface area contributed by atoms with Gasteiger partial charge in [-0.2, -0.15) is 0 Å². The molecule has 1 heterocycles. The van der Waals surface area contributed by atoms with E-state index in [0.717, 1.165) is 0 Å². The van der Waals surface area contributed by atoms with Crippen molar-refractivity contribution in [3.8, 4) is 0 Å². The zero-order valence-electron chi connectivity index (χ0n) is 6.28. The van der Waals surface area contributed by atoms with Gasteiger partial charge in [0.15, 0.2) is 6.23 Å². The number of morpholine rings is 1. The second-order valence-corrected chi connectivity index (χ2v) is 2.23. The molecule has 68 valence electrons.